The Morgan fingerprint density at radius 3 is 2.46 bits per heavy atom. The molecule has 0 aliphatic carbocycles. The van der Waals surface area contributed by atoms with Gasteiger partial charge in [-0.15, -0.1) is 6.42 Å². The minimum absolute atomic E-state index is 0.00946. The number of carbonyl (C=O) groups is 1. The number of hydrogen-bond acceptors (Lipinski definition) is 3. The average Bonchev–Trinajstić information content (AvgIpc) is 2.57. The van der Waals surface area contributed by atoms with Crippen molar-refractivity contribution >= 4 is 17.3 Å². The lowest BCUT2D eigenvalue weighted by Crippen LogP contribution is -2.23. The van der Waals surface area contributed by atoms with E-state index in [9.17, 15) is 9.18 Å². The fourth-order valence-corrected chi connectivity index (χ4v) is 2.24. The third-order valence-corrected chi connectivity index (χ3v) is 3.36. The molecule has 0 unspecified atom stereocenters. The first-order valence-corrected chi connectivity index (χ1v) is 7.44. The van der Waals surface area contributed by atoms with Crippen molar-refractivity contribution in [3.8, 4) is 12.3 Å². The highest BCUT2D eigenvalue weighted by molar-refractivity contribution is 5.91. The zero-order valence-corrected chi connectivity index (χ0v) is 13.5. The highest BCUT2D eigenvalue weighted by atomic mass is 19.1. The van der Waals surface area contributed by atoms with E-state index in [2.05, 4.69) is 11.2 Å². The maximum atomic E-state index is 13.0. The zero-order chi connectivity index (χ0) is 17.4. The second-order valence-electron chi connectivity index (χ2n) is 5.21. The van der Waals surface area contributed by atoms with E-state index in [1.54, 1.807) is 24.3 Å². The van der Waals surface area contributed by atoms with Crippen LogP contribution in [0, 0.1) is 18.2 Å². The lowest BCUT2D eigenvalue weighted by molar-refractivity contribution is -0.119. The van der Waals surface area contributed by atoms with Crippen LogP contribution >= 0.6 is 0 Å². The molecule has 0 bridgehead atoms. The number of terminal acetylenes is 1. The maximum Gasteiger partial charge on any atom is 0.250 e. The number of hydrogen-bond donors (Lipinski definition) is 1. The van der Waals surface area contributed by atoms with Crippen LogP contribution < -0.4 is 10.2 Å². The summed E-state index contributed by atoms with van der Waals surface area (Å²) in [7, 11) is 1.47. The van der Waals surface area contributed by atoms with Gasteiger partial charge in [-0.05, 0) is 42.0 Å². The molecule has 0 radical (unpaired) electrons. The normalized spacial score (nSPS) is 10.0. The van der Waals surface area contributed by atoms with Crippen molar-refractivity contribution in [1.29, 1.82) is 0 Å². The largest absolute Gasteiger partial charge is 0.375 e. The van der Waals surface area contributed by atoms with Crippen molar-refractivity contribution in [2.45, 2.75) is 6.54 Å². The molecule has 0 aliphatic heterocycles. The van der Waals surface area contributed by atoms with Gasteiger partial charge in [-0.2, -0.15) is 0 Å². The van der Waals surface area contributed by atoms with Gasteiger partial charge in [0.25, 0.3) is 0 Å². The SMILES string of the molecule is C#CCN(Cc1ccc(F)cc1)c1ccc(NC(=O)COC)cc1. The van der Waals surface area contributed by atoms with Gasteiger partial charge >= 0.3 is 0 Å². The lowest BCUT2D eigenvalue weighted by Gasteiger charge is -2.23. The van der Waals surface area contributed by atoms with Gasteiger partial charge in [0.2, 0.25) is 5.91 Å². The third kappa shape index (κ3) is 5.11. The first-order chi connectivity index (χ1) is 11.6. The van der Waals surface area contributed by atoms with Gasteiger partial charge in [-0.1, -0.05) is 18.1 Å². The quantitative estimate of drug-likeness (QED) is 0.795. The molecule has 1 amide bonds. The Hall–Kier alpha value is -2.84. The van der Waals surface area contributed by atoms with Gasteiger partial charge in [0, 0.05) is 25.0 Å². The predicted molar refractivity (Wildman–Crippen MR) is 93.2 cm³/mol. The second kappa shape index (κ2) is 8.70. The van der Waals surface area contributed by atoms with E-state index in [4.69, 9.17) is 11.2 Å². The summed E-state index contributed by atoms with van der Waals surface area (Å²) in [6, 6.07) is 13.7. The first kappa shape index (κ1) is 17.5. The first-order valence-electron chi connectivity index (χ1n) is 7.44. The molecule has 4 nitrogen and oxygen atoms in total. The monoisotopic (exact) mass is 326 g/mol. The van der Waals surface area contributed by atoms with Crippen LogP contribution in [0.4, 0.5) is 15.8 Å². The average molecular weight is 326 g/mol. The zero-order valence-electron chi connectivity index (χ0n) is 13.5. The van der Waals surface area contributed by atoms with Gasteiger partial charge in [-0.3, -0.25) is 4.79 Å². The molecule has 2 aromatic carbocycles. The van der Waals surface area contributed by atoms with E-state index in [1.807, 2.05) is 17.0 Å². The number of methoxy groups -OCH3 is 1. The smallest absolute Gasteiger partial charge is 0.250 e. The molecule has 0 heterocycles. The van der Waals surface area contributed by atoms with Crippen molar-refractivity contribution in [2.24, 2.45) is 0 Å². The Kier molecular flexibility index (Phi) is 6.35. The van der Waals surface area contributed by atoms with Crippen LogP contribution in [0.2, 0.25) is 0 Å². The van der Waals surface area contributed by atoms with Crippen LogP contribution in [-0.2, 0) is 16.1 Å². The minimum atomic E-state index is -0.265. The predicted octanol–water partition coefficient (Wildman–Crippen LogP) is 3.05. The summed E-state index contributed by atoms with van der Waals surface area (Å²) in [5, 5.41) is 2.73. The van der Waals surface area contributed by atoms with Crippen LogP contribution in [0.1, 0.15) is 5.56 Å². The van der Waals surface area contributed by atoms with Gasteiger partial charge in [0.05, 0.1) is 6.54 Å². The van der Waals surface area contributed by atoms with Gasteiger partial charge in [-0.25, -0.2) is 4.39 Å². The molecular formula is C19H19FN2O2. The number of benzene rings is 2. The summed E-state index contributed by atoms with van der Waals surface area (Å²) in [6.07, 6.45) is 5.45. The fraction of sp³-hybridized carbons (Fsp3) is 0.211. The molecule has 1 N–H and O–H groups in total. The number of ether oxygens (including phenoxy) is 1. The van der Waals surface area contributed by atoms with Crippen LogP contribution in [-0.4, -0.2) is 26.2 Å². The molecule has 0 fully saturated rings. The Morgan fingerprint density at radius 2 is 1.88 bits per heavy atom. The summed E-state index contributed by atoms with van der Waals surface area (Å²) in [5.41, 5.74) is 2.56. The van der Waals surface area contributed by atoms with Crippen LogP contribution in [0.5, 0.6) is 0 Å². The molecule has 0 aromatic heterocycles. The number of amides is 1. The van der Waals surface area contributed by atoms with E-state index < -0.39 is 0 Å². The molecule has 0 saturated carbocycles. The van der Waals surface area contributed by atoms with Crippen LogP contribution in [0.25, 0.3) is 0 Å². The summed E-state index contributed by atoms with van der Waals surface area (Å²) in [5.74, 6) is 2.15. The van der Waals surface area contributed by atoms with Gasteiger partial charge in [0.1, 0.15) is 12.4 Å². The molecule has 124 valence electrons. The Balaban J connectivity index is 2.08. The molecule has 0 atom stereocenters. The number of halogens is 1. The Labute approximate surface area is 141 Å². The Bertz CT molecular complexity index is 706. The van der Waals surface area contributed by atoms with E-state index in [1.165, 1.54) is 19.2 Å². The molecular weight excluding hydrogens is 307 g/mol. The standard InChI is InChI=1S/C19H19FN2O2/c1-3-12-22(13-15-4-6-16(20)7-5-15)18-10-8-17(9-11-18)21-19(23)14-24-2/h1,4-11H,12-14H2,2H3,(H,21,23). The summed E-state index contributed by atoms with van der Waals surface area (Å²) in [6.45, 7) is 1.00. The van der Waals surface area contributed by atoms with Gasteiger partial charge < -0.3 is 15.0 Å². The Morgan fingerprint density at radius 1 is 1.21 bits per heavy atom. The molecule has 24 heavy (non-hydrogen) atoms. The number of anilines is 2. The topological polar surface area (TPSA) is 41.6 Å². The number of rotatable bonds is 7. The molecule has 0 saturated heterocycles. The minimum Gasteiger partial charge on any atom is -0.375 e. The molecule has 2 aromatic rings. The summed E-state index contributed by atoms with van der Waals surface area (Å²) < 4.78 is 17.8. The van der Waals surface area contributed by atoms with Crippen molar-refractivity contribution in [3.63, 3.8) is 0 Å². The molecule has 0 spiro atoms. The van der Waals surface area contributed by atoms with Gasteiger partial charge in [0.15, 0.2) is 0 Å². The highest BCUT2D eigenvalue weighted by Gasteiger charge is 2.08. The number of nitrogens with one attached hydrogen (secondary N) is 1. The van der Waals surface area contributed by atoms with Crippen LogP contribution in [0.15, 0.2) is 48.5 Å². The number of nitrogens with zero attached hydrogens (tertiary/aromatic N) is 1. The van der Waals surface area contributed by atoms with Crippen molar-refractivity contribution in [2.75, 3.05) is 30.5 Å². The van der Waals surface area contributed by atoms with Crippen molar-refractivity contribution in [3.05, 3.63) is 59.9 Å². The fourth-order valence-electron chi connectivity index (χ4n) is 2.24. The summed E-state index contributed by atoms with van der Waals surface area (Å²) >= 11 is 0. The molecule has 2 rings (SSSR count). The second-order valence-corrected chi connectivity index (χ2v) is 5.21. The molecule has 5 heteroatoms. The van der Waals surface area contributed by atoms with E-state index in [0.717, 1.165) is 11.3 Å². The highest BCUT2D eigenvalue weighted by Crippen LogP contribution is 2.20. The lowest BCUT2D eigenvalue weighted by atomic mass is 10.2. The maximum absolute atomic E-state index is 13.0. The molecule has 0 aliphatic rings. The van der Waals surface area contributed by atoms with Crippen molar-refractivity contribution < 1.29 is 13.9 Å². The number of carbonyl (C=O) groups excluding carboxylic acids is 1. The third-order valence-electron chi connectivity index (χ3n) is 3.36. The van der Waals surface area contributed by atoms with Crippen molar-refractivity contribution in [1.82, 2.24) is 0 Å². The van der Waals surface area contributed by atoms with E-state index in [0.29, 0.717) is 18.8 Å². The van der Waals surface area contributed by atoms with E-state index in [-0.39, 0.29) is 18.3 Å². The van der Waals surface area contributed by atoms with Crippen LogP contribution in [0.3, 0.4) is 0 Å². The van der Waals surface area contributed by atoms with E-state index >= 15 is 0 Å². The summed E-state index contributed by atoms with van der Waals surface area (Å²) in [4.78, 5) is 13.5.